The SMILES string of the molecule is CCCCOc1ccc2ccccc2c1-c1cc(C(=O)O)c2cccc(C)c2n1. The van der Waals surface area contributed by atoms with E-state index in [0.29, 0.717) is 23.2 Å². The molecule has 1 N–H and O–H groups in total. The smallest absolute Gasteiger partial charge is 0.336 e. The highest BCUT2D eigenvalue weighted by Crippen LogP contribution is 2.38. The Morgan fingerprint density at radius 1 is 1.03 bits per heavy atom. The van der Waals surface area contributed by atoms with Crippen LogP contribution in [0.2, 0.25) is 0 Å². The van der Waals surface area contributed by atoms with Crippen LogP contribution in [0.5, 0.6) is 5.75 Å². The van der Waals surface area contributed by atoms with Crippen LogP contribution in [0.1, 0.15) is 35.7 Å². The molecule has 4 rings (SSSR count). The number of benzene rings is 3. The fourth-order valence-corrected chi connectivity index (χ4v) is 3.66. The third-order valence-electron chi connectivity index (χ3n) is 5.17. The lowest BCUT2D eigenvalue weighted by Gasteiger charge is -2.16. The molecular weight excluding hydrogens is 362 g/mol. The molecule has 1 heterocycles. The molecule has 0 aliphatic carbocycles. The van der Waals surface area contributed by atoms with Gasteiger partial charge in [-0.25, -0.2) is 9.78 Å². The van der Waals surface area contributed by atoms with Gasteiger partial charge in [0.25, 0.3) is 0 Å². The minimum absolute atomic E-state index is 0.251. The summed E-state index contributed by atoms with van der Waals surface area (Å²) >= 11 is 0. The second-order valence-electron chi connectivity index (χ2n) is 7.19. The zero-order valence-corrected chi connectivity index (χ0v) is 16.6. The van der Waals surface area contributed by atoms with E-state index in [-0.39, 0.29) is 5.56 Å². The lowest BCUT2D eigenvalue weighted by atomic mass is 9.97. The summed E-state index contributed by atoms with van der Waals surface area (Å²) in [6.45, 7) is 4.68. The van der Waals surface area contributed by atoms with E-state index in [1.807, 2.05) is 61.5 Å². The summed E-state index contributed by atoms with van der Waals surface area (Å²) in [7, 11) is 0. The zero-order valence-electron chi connectivity index (χ0n) is 16.6. The van der Waals surface area contributed by atoms with Crippen LogP contribution in [0.4, 0.5) is 0 Å². The molecule has 4 heteroatoms. The molecule has 0 aliphatic rings. The molecule has 146 valence electrons. The number of carbonyl (C=O) groups is 1. The Morgan fingerprint density at radius 2 is 1.83 bits per heavy atom. The Morgan fingerprint density at radius 3 is 2.62 bits per heavy atom. The molecule has 0 atom stereocenters. The largest absolute Gasteiger partial charge is 0.493 e. The molecule has 0 fully saturated rings. The summed E-state index contributed by atoms with van der Waals surface area (Å²) in [6.07, 6.45) is 2.00. The van der Waals surface area contributed by atoms with Crippen molar-refractivity contribution in [3.63, 3.8) is 0 Å². The molecule has 4 aromatic rings. The Balaban J connectivity index is 2.03. The Labute approximate surface area is 169 Å². The molecule has 0 bridgehead atoms. The molecule has 0 amide bonds. The standard InChI is InChI=1S/C25H23NO3/c1-3-4-14-29-22-13-12-17-9-5-6-10-18(17)23(22)21-15-20(25(27)28)19-11-7-8-16(2)24(19)26-21/h5-13,15H,3-4,14H2,1-2H3,(H,27,28). The maximum absolute atomic E-state index is 12.0. The van der Waals surface area contributed by atoms with Crippen molar-refractivity contribution in [3.05, 3.63) is 71.8 Å². The fourth-order valence-electron chi connectivity index (χ4n) is 3.66. The predicted octanol–water partition coefficient (Wildman–Crippen LogP) is 6.24. The number of ether oxygens (including phenoxy) is 1. The summed E-state index contributed by atoms with van der Waals surface area (Å²) in [5, 5.41) is 12.6. The fraction of sp³-hybridized carbons (Fsp3) is 0.200. The Hall–Kier alpha value is -3.40. The molecule has 1 aromatic heterocycles. The lowest BCUT2D eigenvalue weighted by Crippen LogP contribution is -2.03. The van der Waals surface area contributed by atoms with E-state index in [2.05, 4.69) is 6.92 Å². The molecule has 4 nitrogen and oxygen atoms in total. The number of unbranched alkanes of at least 4 members (excludes halogenated alkanes) is 1. The number of fused-ring (bicyclic) bond motifs is 2. The molecular formula is C25H23NO3. The van der Waals surface area contributed by atoms with Crippen LogP contribution in [-0.2, 0) is 0 Å². The van der Waals surface area contributed by atoms with Crippen molar-refractivity contribution in [2.75, 3.05) is 6.61 Å². The van der Waals surface area contributed by atoms with E-state index >= 15 is 0 Å². The van der Waals surface area contributed by atoms with E-state index in [4.69, 9.17) is 9.72 Å². The van der Waals surface area contributed by atoms with E-state index < -0.39 is 5.97 Å². The number of para-hydroxylation sites is 1. The van der Waals surface area contributed by atoms with Crippen molar-refractivity contribution in [3.8, 4) is 17.0 Å². The van der Waals surface area contributed by atoms with Gasteiger partial charge in [0.2, 0.25) is 0 Å². The highest BCUT2D eigenvalue weighted by Gasteiger charge is 2.18. The quantitative estimate of drug-likeness (QED) is 0.399. The van der Waals surface area contributed by atoms with Crippen molar-refractivity contribution in [2.45, 2.75) is 26.7 Å². The predicted molar refractivity (Wildman–Crippen MR) is 117 cm³/mol. The van der Waals surface area contributed by atoms with Crippen LogP contribution in [0.25, 0.3) is 32.9 Å². The van der Waals surface area contributed by atoms with Gasteiger partial charge in [-0.1, -0.05) is 61.9 Å². The van der Waals surface area contributed by atoms with Gasteiger partial charge in [-0.05, 0) is 41.8 Å². The average molecular weight is 385 g/mol. The lowest BCUT2D eigenvalue weighted by molar-refractivity contribution is 0.0699. The van der Waals surface area contributed by atoms with Gasteiger partial charge in [-0.15, -0.1) is 0 Å². The topological polar surface area (TPSA) is 59.4 Å². The van der Waals surface area contributed by atoms with E-state index in [1.165, 1.54) is 0 Å². The van der Waals surface area contributed by atoms with E-state index in [9.17, 15) is 9.90 Å². The highest BCUT2D eigenvalue weighted by molar-refractivity contribution is 6.06. The average Bonchev–Trinajstić information content (AvgIpc) is 2.73. The van der Waals surface area contributed by atoms with Crippen molar-refractivity contribution < 1.29 is 14.6 Å². The molecule has 29 heavy (non-hydrogen) atoms. The number of carboxylic acid groups (broad SMARTS) is 1. The zero-order chi connectivity index (χ0) is 20.4. The number of carboxylic acids is 1. The van der Waals surface area contributed by atoms with Crippen molar-refractivity contribution >= 4 is 27.6 Å². The highest BCUT2D eigenvalue weighted by atomic mass is 16.5. The molecule has 3 aromatic carbocycles. The van der Waals surface area contributed by atoms with Crippen LogP contribution in [0, 0.1) is 6.92 Å². The van der Waals surface area contributed by atoms with Gasteiger partial charge >= 0.3 is 5.97 Å². The third kappa shape index (κ3) is 3.54. The first-order chi connectivity index (χ1) is 14.1. The molecule has 0 saturated heterocycles. The van der Waals surface area contributed by atoms with Crippen molar-refractivity contribution in [2.24, 2.45) is 0 Å². The summed E-state index contributed by atoms with van der Waals surface area (Å²) < 4.78 is 6.10. The monoisotopic (exact) mass is 385 g/mol. The maximum atomic E-state index is 12.0. The number of hydrogen-bond acceptors (Lipinski definition) is 3. The first-order valence-corrected chi connectivity index (χ1v) is 9.88. The van der Waals surface area contributed by atoms with Crippen LogP contribution >= 0.6 is 0 Å². The number of hydrogen-bond donors (Lipinski definition) is 1. The minimum atomic E-state index is -0.960. The third-order valence-corrected chi connectivity index (χ3v) is 5.17. The van der Waals surface area contributed by atoms with Crippen LogP contribution in [-0.4, -0.2) is 22.7 Å². The number of nitrogens with zero attached hydrogens (tertiary/aromatic N) is 1. The number of aromatic nitrogens is 1. The Kier molecular flexibility index (Phi) is 5.17. The van der Waals surface area contributed by atoms with Crippen molar-refractivity contribution in [1.82, 2.24) is 4.98 Å². The second-order valence-corrected chi connectivity index (χ2v) is 7.19. The molecule has 0 unspecified atom stereocenters. The van der Waals surface area contributed by atoms with Gasteiger partial charge in [-0.2, -0.15) is 0 Å². The summed E-state index contributed by atoms with van der Waals surface area (Å²) in [4.78, 5) is 16.9. The van der Waals surface area contributed by atoms with Crippen molar-refractivity contribution in [1.29, 1.82) is 0 Å². The van der Waals surface area contributed by atoms with Gasteiger partial charge in [0.1, 0.15) is 5.75 Å². The van der Waals surface area contributed by atoms with Crippen LogP contribution in [0.3, 0.4) is 0 Å². The van der Waals surface area contributed by atoms with Gasteiger partial charge in [0, 0.05) is 5.39 Å². The second kappa shape index (κ2) is 7.92. The number of rotatable bonds is 6. The summed E-state index contributed by atoms with van der Waals surface area (Å²) in [6, 6.07) is 19.3. The number of aromatic carboxylic acids is 1. The minimum Gasteiger partial charge on any atom is -0.493 e. The normalized spacial score (nSPS) is 11.1. The van der Waals surface area contributed by atoms with Crippen LogP contribution in [0.15, 0.2) is 60.7 Å². The number of aryl methyl sites for hydroxylation is 1. The summed E-state index contributed by atoms with van der Waals surface area (Å²) in [5.74, 6) is -0.230. The summed E-state index contributed by atoms with van der Waals surface area (Å²) in [5.41, 5.74) is 3.36. The van der Waals surface area contributed by atoms with E-state index in [0.717, 1.165) is 40.5 Å². The van der Waals surface area contributed by atoms with Gasteiger partial charge in [0.15, 0.2) is 0 Å². The molecule has 0 aliphatic heterocycles. The first-order valence-electron chi connectivity index (χ1n) is 9.88. The van der Waals surface area contributed by atoms with E-state index in [1.54, 1.807) is 6.07 Å². The van der Waals surface area contributed by atoms with Gasteiger partial charge in [0.05, 0.1) is 28.9 Å². The molecule has 0 spiro atoms. The molecule has 0 radical (unpaired) electrons. The van der Waals surface area contributed by atoms with Crippen LogP contribution < -0.4 is 4.74 Å². The van der Waals surface area contributed by atoms with Gasteiger partial charge < -0.3 is 9.84 Å². The van der Waals surface area contributed by atoms with Gasteiger partial charge in [-0.3, -0.25) is 0 Å². The first kappa shape index (κ1) is 18.9. The Bertz CT molecular complexity index is 1210. The number of pyridine rings is 1. The molecule has 0 saturated carbocycles. The maximum Gasteiger partial charge on any atom is 0.336 e.